The van der Waals surface area contributed by atoms with Crippen molar-refractivity contribution in [1.29, 1.82) is 0 Å². The summed E-state index contributed by atoms with van der Waals surface area (Å²) in [5.74, 6) is 0. The molecule has 2 fully saturated rings. The molecule has 2 heterocycles. The third-order valence-corrected chi connectivity index (χ3v) is 4.37. The molecule has 100 valence electrons. The Morgan fingerprint density at radius 2 is 1.94 bits per heavy atom. The van der Waals surface area contributed by atoms with Gasteiger partial charge in [-0.05, 0) is 20.5 Å². The van der Waals surface area contributed by atoms with Crippen molar-refractivity contribution in [3.8, 4) is 0 Å². The third kappa shape index (κ3) is 3.41. The Balaban J connectivity index is 1.89. The first-order chi connectivity index (χ1) is 8.20. The van der Waals surface area contributed by atoms with Crippen LogP contribution in [0.3, 0.4) is 0 Å². The van der Waals surface area contributed by atoms with Gasteiger partial charge in [-0.15, -0.1) is 0 Å². The van der Waals surface area contributed by atoms with Crippen LogP contribution in [0, 0.1) is 0 Å². The van der Waals surface area contributed by atoms with Crippen molar-refractivity contribution in [3.05, 3.63) is 0 Å². The molecule has 2 unspecified atom stereocenters. The highest BCUT2D eigenvalue weighted by Gasteiger charge is 2.28. The minimum absolute atomic E-state index is 0.709. The number of nitrogens with one attached hydrogen (secondary N) is 1. The lowest BCUT2D eigenvalue weighted by Gasteiger charge is -2.43. The van der Waals surface area contributed by atoms with E-state index in [4.69, 9.17) is 0 Å². The molecule has 0 bridgehead atoms. The van der Waals surface area contributed by atoms with E-state index < -0.39 is 0 Å². The highest BCUT2D eigenvalue weighted by atomic mass is 15.3. The summed E-state index contributed by atoms with van der Waals surface area (Å²) in [6, 6.07) is 1.45. The number of hydrogen-bond donors (Lipinski definition) is 1. The zero-order valence-corrected chi connectivity index (χ0v) is 11.7. The lowest BCUT2D eigenvalue weighted by Crippen LogP contribution is -2.59. The second-order valence-electron chi connectivity index (χ2n) is 5.66. The van der Waals surface area contributed by atoms with Crippen LogP contribution < -0.4 is 5.32 Å². The summed E-state index contributed by atoms with van der Waals surface area (Å²) < 4.78 is 0. The Morgan fingerprint density at radius 3 is 2.71 bits per heavy atom. The van der Waals surface area contributed by atoms with Gasteiger partial charge >= 0.3 is 0 Å². The van der Waals surface area contributed by atoms with E-state index in [2.05, 4.69) is 41.0 Å². The maximum atomic E-state index is 3.51. The van der Waals surface area contributed by atoms with E-state index >= 15 is 0 Å². The molecule has 0 aromatic rings. The van der Waals surface area contributed by atoms with Gasteiger partial charge in [0.15, 0.2) is 0 Å². The first kappa shape index (κ1) is 13.3. The van der Waals surface area contributed by atoms with Crippen molar-refractivity contribution in [3.63, 3.8) is 0 Å². The molecule has 2 atom stereocenters. The molecule has 0 aliphatic carbocycles. The lowest BCUT2D eigenvalue weighted by atomic mass is 10.1. The van der Waals surface area contributed by atoms with E-state index in [1.54, 1.807) is 0 Å². The summed E-state index contributed by atoms with van der Waals surface area (Å²) >= 11 is 0. The van der Waals surface area contributed by atoms with E-state index in [9.17, 15) is 0 Å². The summed E-state index contributed by atoms with van der Waals surface area (Å²) in [6.07, 6.45) is 1.26. The van der Waals surface area contributed by atoms with Gasteiger partial charge in [0.05, 0.1) is 0 Å². The molecule has 1 N–H and O–H groups in total. The van der Waals surface area contributed by atoms with Gasteiger partial charge in [-0.1, -0.05) is 6.92 Å². The van der Waals surface area contributed by atoms with Crippen LogP contribution in [-0.2, 0) is 0 Å². The molecule has 4 nitrogen and oxygen atoms in total. The standard InChI is InChI=1S/C13H28N4/c1-4-12-9-14-5-6-17(12)11-13-10-15(2)7-8-16(13)3/h12-14H,4-11H2,1-3H3. The first-order valence-electron chi connectivity index (χ1n) is 7.04. The van der Waals surface area contributed by atoms with Crippen LogP contribution in [0.1, 0.15) is 13.3 Å². The minimum Gasteiger partial charge on any atom is -0.314 e. The summed E-state index contributed by atoms with van der Waals surface area (Å²) in [5, 5.41) is 3.51. The Hall–Kier alpha value is -0.160. The fraction of sp³-hybridized carbons (Fsp3) is 1.00. The fourth-order valence-electron chi connectivity index (χ4n) is 3.02. The van der Waals surface area contributed by atoms with Crippen molar-refractivity contribution in [1.82, 2.24) is 20.0 Å². The Kier molecular flexibility index (Phi) is 4.79. The average molecular weight is 240 g/mol. The molecule has 0 saturated carbocycles. The van der Waals surface area contributed by atoms with Crippen LogP contribution in [0.15, 0.2) is 0 Å². The highest BCUT2D eigenvalue weighted by Crippen LogP contribution is 2.12. The molecule has 17 heavy (non-hydrogen) atoms. The maximum Gasteiger partial charge on any atom is 0.0347 e. The number of piperazine rings is 2. The third-order valence-electron chi connectivity index (χ3n) is 4.37. The van der Waals surface area contributed by atoms with Crippen LogP contribution in [0.5, 0.6) is 0 Å². The van der Waals surface area contributed by atoms with Gasteiger partial charge in [-0.25, -0.2) is 0 Å². The van der Waals surface area contributed by atoms with Crippen LogP contribution in [0.25, 0.3) is 0 Å². The molecule has 2 aliphatic rings. The van der Waals surface area contributed by atoms with Gasteiger partial charge < -0.3 is 10.2 Å². The van der Waals surface area contributed by atoms with Gasteiger partial charge in [-0.2, -0.15) is 0 Å². The lowest BCUT2D eigenvalue weighted by molar-refractivity contribution is 0.0581. The minimum atomic E-state index is 0.709. The maximum absolute atomic E-state index is 3.51. The Morgan fingerprint density at radius 1 is 1.12 bits per heavy atom. The topological polar surface area (TPSA) is 21.8 Å². The van der Waals surface area contributed by atoms with Gasteiger partial charge in [0.1, 0.15) is 0 Å². The largest absolute Gasteiger partial charge is 0.314 e. The smallest absolute Gasteiger partial charge is 0.0347 e. The number of rotatable bonds is 3. The molecule has 0 spiro atoms. The number of hydrogen-bond acceptors (Lipinski definition) is 4. The number of nitrogens with zero attached hydrogens (tertiary/aromatic N) is 3. The van der Waals surface area contributed by atoms with Gasteiger partial charge in [0.2, 0.25) is 0 Å². The van der Waals surface area contributed by atoms with Gasteiger partial charge in [-0.3, -0.25) is 9.80 Å². The summed E-state index contributed by atoms with van der Waals surface area (Å²) in [6.45, 7) is 10.7. The summed E-state index contributed by atoms with van der Waals surface area (Å²) in [7, 11) is 4.52. The monoisotopic (exact) mass is 240 g/mol. The van der Waals surface area contributed by atoms with Crippen LogP contribution >= 0.6 is 0 Å². The summed E-state index contributed by atoms with van der Waals surface area (Å²) in [5.41, 5.74) is 0. The van der Waals surface area contributed by atoms with Crippen LogP contribution in [0.4, 0.5) is 0 Å². The van der Waals surface area contributed by atoms with Crippen LogP contribution in [-0.4, -0.2) is 86.7 Å². The van der Waals surface area contributed by atoms with Gasteiger partial charge in [0, 0.05) is 57.9 Å². The normalized spacial score (nSPS) is 34.1. The molecule has 0 aromatic heterocycles. The van der Waals surface area contributed by atoms with Crippen molar-refractivity contribution >= 4 is 0 Å². The second kappa shape index (κ2) is 6.14. The molecule has 2 aliphatic heterocycles. The average Bonchev–Trinajstić information content (AvgIpc) is 2.34. The van der Waals surface area contributed by atoms with Crippen molar-refractivity contribution in [2.45, 2.75) is 25.4 Å². The van der Waals surface area contributed by atoms with E-state index in [0.29, 0.717) is 6.04 Å². The molecular weight excluding hydrogens is 212 g/mol. The predicted molar refractivity (Wildman–Crippen MR) is 72.4 cm³/mol. The Bertz CT molecular complexity index is 233. The van der Waals surface area contributed by atoms with E-state index in [0.717, 1.165) is 12.6 Å². The molecule has 4 heteroatoms. The molecule has 0 amide bonds. The van der Waals surface area contributed by atoms with Gasteiger partial charge in [0.25, 0.3) is 0 Å². The molecular formula is C13H28N4. The quantitative estimate of drug-likeness (QED) is 0.744. The van der Waals surface area contributed by atoms with E-state index in [-0.39, 0.29) is 0 Å². The van der Waals surface area contributed by atoms with E-state index in [1.807, 2.05) is 0 Å². The highest BCUT2D eigenvalue weighted by molar-refractivity contribution is 4.86. The second-order valence-corrected chi connectivity index (χ2v) is 5.66. The van der Waals surface area contributed by atoms with E-state index in [1.165, 1.54) is 45.7 Å². The van der Waals surface area contributed by atoms with Crippen molar-refractivity contribution < 1.29 is 0 Å². The zero-order valence-electron chi connectivity index (χ0n) is 11.7. The Labute approximate surface area is 106 Å². The fourth-order valence-corrected chi connectivity index (χ4v) is 3.02. The van der Waals surface area contributed by atoms with Crippen LogP contribution in [0.2, 0.25) is 0 Å². The molecule has 2 saturated heterocycles. The SMILES string of the molecule is CCC1CNCCN1CC1CN(C)CCN1C. The molecule has 0 aromatic carbocycles. The first-order valence-corrected chi connectivity index (χ1v) is 7.04. The van der Waals surface area contributed by atoms with Crippen molar-refractivity contribution in [2.75, 3.05) is 59.9 Å². The molecule has 0 radical (unpaired) electrons. The summed E-state index contributed by atoms with van der Waals surface area (Å²) in [4.78, 5) is 7.69. The van der Waals surface area contributed by atoms with Crippen molar-refractivity contribution in [2.24, 2.45) is 0 Å². The predicted octanol–water partition coefficient (Wildman–Crippen LogP) is -0.0840. The zero-order chi connectivity index (χ0) is 12.3. The molecule has 2 rings (SSSR count). The number of likely N-dealkylation sites (N-methyl/N-ethyl adjacent to an activating group) is 2.